The fourth-order valence-corrected chi connectivity index (χ4v) is 3.35. The van der Waals surface area contributed by atoms with Gasteiger partial charge < -0.3 is 10.4 Å². The van der Waals surface area contributed by atoms with E-state index in [9.17, 15) is 9.59 Å². The molecule has 0 aromatic carbocycles. The van der Waals surface area contributed by atoms with Crippen LogP contribution in [0.2, 0.25) is 0 Å². The molecule has 1 atom stereocenters. The molecule has 2 N–H and O–H groups in total. The van der Waals surface area contributed by atoms with Gasteiger partial charge in [0.05, 0.1) is 9.70 Å². The van der Waals surface area contributed by atoms with Crippen molar-refractivity contribution in [1.82, 2.24) is 5.32 Å². The Morgan fingerprint density at radius 2 is 2.10 bits per heavy atom. The van der Waals surface area contributed by atoms with Crippen LogP contribution in [0.1, 0.15) is 31.6 Å². The van der Waals surface area contributed by atoms with Gasteiger partial charge in [-0.15, -0.1) is 11.3 Å². The van der Waals surface area contributed by atoms with Crippen molar-refractivity contribution < 1.29 is 14.7 Å². The number of halogens is 1. The summed E-state index contributed by atoms with van der Waals surface area (Å²) in [6.45, 7) is 3.90. The molecule has 112 valence electrons. The minimum absolute atomic E-state index is 0.0104. The van der Waals surface area contributed by atoms with Gasteiger partial charge in [0.1, 0.15) is 0 Å². The Morgan fingerprint density at radius 3 is 2.60 bits per heavy atom. The Kier molecular flexibility index (Phi) is 7.23. The van der Waals surface area contributed by atoms with Gasteiger partial charge in [-0.2, -0.15) is 0 Å². The second-order valence-electron chi connectivity index (χ2n) is 5.05. The normalized spacial score (nSPS) is 12.4. The number of carbonyl (C=O) groups is 2. The van der Waals surface area contributed by atoms with Gasteiger partial charge in [0.2, 0.25) is 5.91 Å². The highest BCUT2D eigenvalue weighted by Gasteiger charge is 2.21. The third-order valence-electron chi connectivity index (χ3n) is 3.10. The molecular weight excluding hydrogens is 342 g/mol. The Bertz CT molecular complexity index is 459. The number of hydrogen-bond acceptors (Lipinski definition) is 3. The Balaban J connectivity index is 2.24. The van der Waals surface area contributed by atoms with Crippen molar-refractivity contribution >= 4 is 39.1 Å². The summed E-state index contributed by atoms with van der Waals surface area (Å²) in [6.07, 6.45) is 2.08. The molecule has 1 amide bonds. The van der Waals surface area contributed by atoms with Crippen LogP contribution in [0.3, 0.4) is 0 Å². The molecular formula is C14H20BrNO3S. The minimum Gasteiger partial charge on any atom is -0.481 e. The summed E-state index contributed by atoms with van der Waals surface area (Å²) in [7, 11) is 0. The monoisotopic (exact) mass is 361 g/mol. The summed E-state index contributed by atoms with van der Waals surface area (Å²) >= 11 is 5.08. The quantitative estimate of drug-likeness (QED) is 0.746. The summed E-state index contributed by atoms with van der Waals surface area (Å²) in [6, 6.07) is 4.05. The van der Waals surface area contributed by atoms with Crippen LogP contribution in [-0.2, 0) is 16.0 Å². The SMILES string of the molecule is CC(C)C(CNC(=O)CCCc1ccc(Br)s1)C(=O)O. The molecule has 0 aliphatic heterocycles. The van der Waals surface area contributed by atoms with Crippen molar-refractivity contribution in [1.29, 1.82) is 0 Å². The first-order valence-corrected chi connectivity index (χ1v) is 8.24. The predicted octanol–water partition coefficient (Wildman–Crippen LogP) is 3.31. The number of carboxylic acids is 1. The molecule has 0 aliphatic rings. The van der Waals surface area contributed by atoms with E-state index >= 15 is 0 Å². The maximum absolute atomic E-state index is 11.7. The van der Waals surface area contributed by atoms with Crippen LogP contribution in [0, 0.1) is 11.8 Å². The average Bonchev–Trinajstić information content (AvgIpc) is 2.74. The summed E-state index contributed by atoms with van der Waals surface area (Å²) < 4.78 is 1.10. The van der Waals surface area contributed by atoms with Crippen LogP contribution in [0.4, 0.5) is 0 Å². The summed E-state index contributed by atoms with van der Waals surface area (Å²) in [5.74, 6) is -1.44. The van der Waals surface area contributed by atoms with Crippen molar-refractivity contribution in [3.8, 4) is 0 Å². The molecule has 0 spiro atoms. The number of hydrogen-bond donors (Lipinski definition) is 2. The Morgan fingerprint density at radius 1 is 1.40 bits per heavy atom. The Labute approximate surface area is 131 Å². The van der Waals surface area contributed by atoms with Crippen molar-refractivity contribution in [2.75, 3.05) is 6.54 Å². The highest BCUT2D eigenvalue weighted by atomic mass is 79.9. The molecule has 0 saturated carbocycles. The molecule has 0 bridgehead atoms. The zero-order chi connectivity index (χ0) is 15.1. The van der Waals surface area contributed by atoms with Crippen molar-refractivity contribution in [2.24, 2.45) is 11.8 Å². The number of thiophene rings is 1. The van der Waals surface area contributed by atoms with Gasteiger partial charge in [-0.1, -0.05) is 13.8 Å². The highest BCUT2D eigenvalue weighted by Crippen LogP contribution is 2.23. The lowest BCUT2D eigenvalue weighted by molar-refractivity contribution is -0.143. The average molecular weight is 362 g/mol. The van der Waals surface area contributed by atoms with Crippen LogP contribution < -0.4 is 5.32 Å². The van der Waals surface area contributed by atoms with E-state index in [1.807, 2.05) is 26.0 Å². The van der Waals surface area contributed by atoms with Crippen LogP contribution in [0.25, 0.3) is 0 Å². The number of amides is 1. The number of nitrogens with one attached hydrogen (secondary N) is 1. The second kappa shape index (κ2) is 8.42. The van der Waals surface area contributed by atoms with Crippen molar-refractivity contribution in [3.63, 3.8) is 0 Å². The molecule has 0 fully saturated rings. The van der Waals surface area contributed by atoms with Gasteiger partial charge in [0, 0.05) is 17.8 Å². The van der Waals surface area contributed by atoms with E-state index in [0.29, 0.717) is 6.42 Å². The fraction of sp³-hybridized carbons (Fsp3) is 0.571. The fourth-order valence-electron chi connectivity index (χ4n) is 1.83. The maximum atomic E-state index is 11.7. The standard InChI is InChI=1S/C14H20BrNO3S/c1-9(2)11(14(18)19)8-16-13(17)5-3-4-10-6-7-12(15)20-10/h6-7,9,11H,3-5,8H2,1-2H3,(H,16,17)(H,18,19). The van der Waals surface area contributed by atoms with Gasteiger partial charge in [-0.3, -0.25) is 9.59 Å². The van der Waals surface area contributed by atoms with Gasteiger partial charge >= 0.3 is 5.97 Å². The first kappa shape index (κ1) is 17.2. The lowest BCUT2D eigenvalue weighted by Crippen LogP contribution is -2.35. The third-order valence-corrected chi connectivity index (χ3v) is 4.78. The molecule has 0 aliphatic carbocycles. The topological polar surface area (TPSA) is 66.4 Å². The maximum Gasteiger partial charge on any atom is 0.308 e. The summed E-state index contributed by atoms with van der Waals surface area (Å²) in [5.41, 5.74) is 0. The number of aryl methyl sites for hydroxylation is 1. The largest absolute Gasteiger partial charge is 0.481 e. The van der Waals surface area contributed by atoms with Gasteiger partial charge in [0.15, 0.2) is 0 Å². The molecule has 1 aromatic rings. The van der Waals surface area contributed by atoms with E-state index in [1.165, 1.54) is 4.88 Å². The Hall–Kier alpha value is -0.880. The lowest BCUT2D eigenvalue weighted by atomic mass is 9.96. The number of carboxylic acid groups (broad SMARTS) is 1. The number of carbonyl (C=O) groups excluding carboxylic acids is 1. The smallest absolute Gasteiger partial charge is 0.308 e. The molecule has 1 unspecified atom stereocenters. The van der Waals surface area contributed by atoms with Gasteiger partial charge in [-0.05, 0) is 46.8 Å². The van der Waals surface area contributed by atoms with E-state index in [-0.39, 0.29) is 18.4 Å². The van der Waals surface area contributed by atoms with Crippen molar-refractivity contribution in [2.45, 2.75) is 33.1 Å². The molecule has 20 heavy (non-hydrogen) atoms. The van der Waals surface area contributed by atoms with Crippen LogP contribution in [-0.4, -0.2) is 23.5 Å². The van der Waals surface area contributed by atoms with Gasteiger partial charge in [0.25, 0.3) is 0 Å². The zero-order valence-electron chi connectivity index (χ0n) is 11.7. The zero-order valence-corrected chi connectivity index (χ0v) is 14.1. The van der Waals surface area contributed by atoms with E-state index in [4.69, 9.17) is 5.11 Å². The van der Waals surface area contributed by atoms with E-state index in [2.05, 4.69) is 21.2 Å². The van der Waals surface area contributed by atoms with E-state index in [1.54, 1.807) is 11.3 Å². The summed E-state index contributed by atoms with van der Waals surface area (Å²) in [5, 5.41) is 11.7. The van der Waals surface area contributed by atoms with E-state index in [0.717, 1.165) is 16.6 Å². The minimum atomic E-state index is -0.858. The summed E-state index contributed by atoms with van der Waals surface area (Å²) in [4.78, 5) is 23.9. The van der Waals surface area contributed by atoms with Crippen molar-refractivity contribution in [3.05, 3.63) is 20.8 Å². The molecule has 1 rings (SSSR count). The third kappa shape index (κ3) is 6.05. The molecule has 1 heterocycles. The molecule has 6 heteroatoms. The lowest BCUT2D eigenvalue weighted by Gasteiger charge is -2.16. The van der Waals surface area contributed by atoms with Gasteiger partial charge in [-0.25, -0.2) is 0 Å². The van der Waals surface area contributed by atoms with Crippen LogP contribution in [0.15, 0.2) is 15.9 Å². The first-order chi connectivity index (χ1) is 9.40. The second-order valence-corrected chi connectivity index (χ2v) is 7.60. The first-order valence-electron chi connectivity index (χ1n) is 6.64. The highest BCUT2D eigenvalue weighted by molar-refractivity contribution is 9.11. The van der Waals surface area contributed by atoms with Crippen LogP contribution in [0.5, 0.6) is 0 Å². The number of aliphatic carboxylic acids is 1. The van der Waals surface area contributed by atoms with Crippen LogP contribution >= 0.6 is 27.3 Å². The molecule has 4 nitrogen and oxygen atoms in total. The predicted molar refractivity (Wildman–Crippen MR) is 83.9 cm³/mol. The number of rotatable bonds is 8. The van der Waals surface area contributed by atoms with E-state index < -0.39 is 11.9 Å². The molecule has 1 aromatic heterocycles. The molecule has 0 radical (unpaired) electrons. The molecule has 0 saturated heterocycles.